The van der Waals surface area contributed by atoms with Crippen LogP contribution in [0.15, 0.2) is 24.3 Å². The number of rotatable bonds is 7. The normalized spacial score (nSPS) is 11.0. The molecule has 0 aliphatic rings. The number of hydrogen-bond donors (Lipinski definition) is 2. The lowest BCUT2D eigenvalue weighted by Gasteiger charge is -2.26. The third kappa shape index (κ3) is 5.30. The van der Waals surface area contributed by atoms with Crippen molar-refractivity contribution in [2.45, 2.75) is 39.8 Å². The van der Waals surface area contributed by atoms with Crippen LogP contribution in [-0.4, -0.2) is 29.9 Å². The highest BCUT2D eigenvalue weighted by Gasteiger charge is 2.13. The van der Waals surface area contributed by atoms with Gasteiger partial charge in [0.25, 0.3) is 0 Å². The van der Waals surface area contributed by atoms with Crippen molar-refractivity contribution in [1.82, 2.24) is 10.2 Å². The molecule has 0 saturated carbocycles. The Balaban J connectivity index is 2.59. The second-order valence-electron chi connectivity index (χ2n) is 4.97. The van der Waals surface area contributed by atoms with Crippen LogP contribution in [-0.2, 0) is 11.3 Å². The Morgan fingerprint density at radius 1 is 1.37 bits per heavy atom. The molecule has 1 rings (SSSR count). The largest absolute Gasteiger partial charge is 0.398 e. The van der Waals surface area contributed by atoms with E-state index in [1.807, 2.05) is 31.2 Å². The molecule has 0 aromatic heterocycles. The van der Waals surface area contributed by atoms with Gasteiger partial charge in [-0.15, -0.1) is 0 Å². The number of nitrogens with one attached hydrogen (secondary N) is 1. The van der Waals surface area contributed by atoms with Crippen molar-refractivity contribution in [3.05, 3.63) is 29.8 Å². The first-order chi connectivity index (χ1) is 9.04. The molecule has 0 spiro atoms. The fourth-order valence-corrected chi connectivity index (χ4v) is 1.95. The first kappa shape index (κ1) is 15.5. The van der Waals surface area contributed by atoms with Gasteiger partial charge in [0.2, 0.25) is 5.91 Å². The lowest BCUT2D eigenvalue weighted by Crippen LogP contribution is -2.35. The number of carbonyl (C=O) groups excluding carboxylic acids is 1. The molecule has 0 aliphatic carbocycles. The lowest BCUT2D eigenvalue weighted by atomic mass is 10.1. The van der Waals surface area contributed by atoms with E-state index in [0.29, 0.717) is 19.0 Å². The van der Waals surface area contributed by atoms with Crippen LogP contribution in [0.4, 0.5) is 5.69 Å². The zero-order valence-corrected chi connectivity index (χ0v) is 12.1. The van der Waals surface area contributed by atoms with Crippen LogP contribution in [0.3, 0.4) is 0 Å². The first-order valence-corrected chi connectivity index (χ1v) is 6.88. The number of hydrogen-bond acceptors (Lipinski definition) is 3. The topological polar surface area (TPSA) is 58.4 Å². The van der Waals surface area contributed by atoms with E-state index < -0.39 is 0 Å². The minimum atomic E-state index is 0.106. The molecule has 1 aromatic rings. The Labute approximate surface area is 116 Å². The highest BCUT2D eigenvalue weighted by molar-refractivity contribution is 5.75. The molecule has 1 amide bonds. The molecule has 0 heterocycles. The molecule has 1 aromatic carbocycles. The Bertz CT molecular complexity index is 404. The van der Waals surface area contributed by atoms with Gasteiger partial charge in [-0.3, -0.25) is 9.69 Å². The predicted octanol–water partition coefficient (Wildman–Crippen LogP) is 2.01. The van der Waals surface area contributed by atoms with Gasteiger partial charge in [-0.05, 0) is 32.4 Å². The number of nitrogens with zero attached hydrogens (tertiary/aromatic N) is 1. The number of benzene rings is 1. The van der Waals surface area contributed by atoms with Gasteiger partial charge in [0.1, 0.15) is 0 Å². The maximum atomic E-state index is 11.5. The van der Waals surface area contributed by atoms with E-state index in [2.05, 4.69) is 24.1 Å². The smallest absolute Gasteiger partial charge is 0.221 e. The Hall–Kier alpha value is -1.55. The van der Waals surface area contributed by atoms with Gasteiger partial charge in [-0.2, -0.15) is 0 Å². The number of amides is 1. The molecule has 0 unspecified atom stereocenters. The highest BCUT2D eigenvalue weighted by Crippen LogP contribution is 2.15. The molecule has 0 saturated heterocycles. The number of nitrogens with two attached hydrogens (primary N) is 1. The van der Waals surface area contributed by atoms with Gasteiger partial charge in [0, 0.05) is 37.8 Å². The van der Waals surface area contributed by atoms with E-state index in [0.717, 1.165) is 24.3 Å². The standard InChI is InChI=1S/C15H25N3O/c1-4-17-15(19)9-10-18(12(2)3)11-13-7-5-6-8-14(13)16/h5-8,12H,4,9-11,16H2,1-3H3,(H,17,19). The van der Waals surface area contributed by atoms with E-state index in [-0.39, 0.29) is 5.91 Å². The summed E-state index contributed by atoms with van der Waals surface area (Å²) in [7, 11) is 0. The molecular formula is C15H25N3O. The van der Waals surface area contributed by atoms with Gasteiger partial charge in [-0.1, -0.05) is 18.2 Å². The average Bonchev–Trinajstić information content (AvgIpc) is 2.36. The summed E-state index contributed by atoms with van der Waals surface area (Å²) in [6.45, 7) is 8.42. The predicted molar refractivity (Wildman–Crippen MR) is 79.7 cm³/mol. The SMILES string of the molecule is CCNC(=O)CCN(Cc1ccccc1N)C(C)C. The van der Waals surface area contributed by atoms with Crippen LogP contribution in [0.25, 0.3) is 0 Å². The number of para-hydroxylation sites is 1. The third-order valence-corrected chi connectivity index (χ3v) is 3.16. The fraction of sp³-hybridized carbons (Fsp3) is 0.533. The van der Waals surface area contributed by atoms with Gasteiger partial charge < -0.3 is 11.1 Å². The molecule has 0 bridgehead atoms. The Morgan fingerprint density at radius 3 is 2.63 bits per heavy atom. The van der Waals surface area contributed by atoms with E-state index in [9.17, 15) is 4.79 Å². The summed E-state index contributed by atoms with van der Waals surface area (Å²) in [4.78, 5) is 13.8. The van der Waals surface area contributed by atoms with Crippen molar-refractivity contribution >= 4 is 11.6 Å². The van der Waals surface area contributed by atoms with E-state index in [4.69, 9.17) is 5.73 Å². The molecule has 0 atom stereocenters. The fourth-order valence-electron chi connectivity index (χ4n) is 1.95. The maximum Gasteiger partial charge on any atom is 0.221 e. The zero-order chi connectivity index (χ0) is 14.3. The maximum absolute atomic E-state index is 11.5. The monoisotopic (exact) mass is 263 g/mol. The van der Waals surface area contributed by atoms with Crippen LogP contribution in [0, 0.1) is 0 Å². The number of nitrogen functional groups attached to an aromatic ring is 1. The van der Waals surface area contributed by atoms with Crippen molar-refractivity contribution in [3.8, 4) is 0 Å². The minimum absolute atomic E-state index is 0.106. The van der Waals surface area contributed by atoms with Crippen molar-refractivity contribution in [1.29, 1.82) is 0 Å². The second kappa shape index (κ2) is 7.79. The molecule has 3 N–H and O–H groups in total. The molecule has 19 heavy (non-hydrogen) atoms. The van der Waals surface area contributed by atoms with Crippen molar-refractivity contribution in [3.63, 3.8) is 0 Å². The molecule has 0 fully saturated rings. The highest BCUT2D eigenvalue weighted by atomic mass is 16.1. The van der Waals surface area contributed by atoms with Crippen LogP contribution in [0.2, 0.25) is 0 Å². The van der Waals surface area contributed by atoms with Crippen LogP contribution in [0.5, 0.6) is 0 Å². The average molecular weight is 263 g/mol. The van der Waals surface area contributed by atoms with Crippen LogP contribution < -0.4 is 11.1 Å². The van der Waals surface area contributed by atoms with E-state index in [1.54, 1.807) is 0 Å². The van der Waals surface area contributed by atoms with Gasteiger partial charge >= 0.3 is 0 Å². The second-order valence-corrected chi connectivity index (χ2v) is 4.97. The molecule has 0 aliphatic heterocycles. The summed E-state index contributed by atoms with van der Waals surface area (Å²) in [6.07, 6.45) is 0.527. The summed E-state index contributed by atoms with van der Waals surface area (Å²) in [5, 5.41) is 2.82. The number of anilines is 1. The summed E-state index contributed by atoms with van der Waals surface area (Å²) < 4.78 is 0. The van der Waals surface area contributed by atoms with Crippen LogP contribution in [0.1, 0.15) is 32.8 Å². The molecule has 106 valence electrons. The third-order valence-electron chi connectivity index (χ3n) is 3.16. The van der Waals surface area contributed by atoms with Crippen molar-refractivity contribution in [2.24, 2.45) is 0 Å². The van der Waals surface area contributed by atoms with E-state index in [1.165, 1.54) is 0 Å². The van der Waals surface area contributed by atoms with Crippen molar-refractivity contribution < 1.29 is 4.79 Å². The Kier molecular flexibility index (Phi) is 6.36. The first-order valence-electron chi connectivity index (χ1n) is 6.88. The quantitative estimate of drug-likeness (QED) is 0.740. The Morgan fingerprint density at radius 2 is 2.05 bits per heavy atom. The summed E-state index contributed by atoms with van der Waals surface area (Å²) in [6, 6.07) is 8.27. The van der Waals surface area contributed by atoms with Crippen molar-refractivity contribution in [2.75, 3.05) is 18.8 Å². The molecular weight excluding hydrogens is 238 g/mol. The molecule has 4 heteroatoms. The number of carbonyl (C=O) groups is 1. The van der Waals surface area contributed by atoms with Gasteiger partial charge in [0.15, 0.2) is 0 Å². The van der Waals surface area contributed by atoms with Crippen LogP contribution >= 0.6 is 0 Å². The summed E-state index contributed by atoms with van der Waals surface area (Å²) >= 11 is 0. The lowest BCUT2D eigenvalue weighted by molar-refractivity contribution is -0.121. The van der Waals surface area contributed by atoms with E-state index >= 15 is 0 Å². The minimum Gasteiger partial charge on any atom is -0.398 e. The summed E-state index contributed by atoms with van der Waals surface area (Å²) in [5.41, 5.74) is 7.90. The van der Waals surface area contributed by atoms with Gasteiger partial charge in [0.05, 0.1) is 0 Å². The zero-order valence-electron chi connectivity index (χ0n) is 12.1. The molecule has 0 radical (unpaired) electrons. The summed E-state index contributed by atoms with van der Waals surface area (Å²) in [5.74, 6) is 0.106. The molecule has 4 nitrogen and oxygen atoms in total. The van der Waals surface area contributed by atoms with Gasteiger partial charge in [-0.25, -0.2) is 0 Å².